The van der Waals surface area contributed by atoms with E-state index >= 15 is 0 Å². The van der Waals surface area contributed by atoms with Crippen molar-refractivity contribution in [1.29, 1.82) is 0 Å². The van der Waals surface area contributed by atoms with Crippen LogP contribution in [0, 0.1) is 6.92 Å². The number of aromatic nitrogens is 3. The van der Waals surface area contributed by atoms with Gasteiger partial charge in [0.25, 0.3) is 5.91 Å². The van der Waals surface area contributed by atoms with Crippen LogP contribution in [0.1, 0.15) is 32.2 Å². The molecule has 3 aromatic heterocycles. The third kappa shape index (κ3) is 5.44. The van der Waals surface area contributed by atoms with Crippen LogP contribution in [0.3, 0.4) is 0 Å². The Labute approximate surface area is 226 Å². The van der Waals surface area contributed by atoms with E-state index in [-0.39, 0.29) is 5.91 Å². The number of halogens is 2. The fourth-order valence-electron chi connectivity index (χ4n) is 4.20. The van der Waals surface area contributed by atoms with Crippen LogP contribution in [-0.2, 0) is 19.5 Å². The lowest BCUT2D eigenvalue weighted by atomic mass is 10.0. The molecule has 1 aliphatic rings. The van der Waals surface area contributed by atoms with Crippen molar-refractivity contribution in [3.8, 4) is 16.9 Å². The summed E-state index contributed by atoms with van der Waals surface area (Å²) >= 11 is 11.2. The van der Waals surface area contributed by atoms with Gasteiger partial charge in [0.05, 0.1) is 24.6 Å². The molecule has 7 nitrogen and oxygen atoms in total. The van der Waals surface area contributed by atoms with Crippen LogP contribution in [0.2, 0.25) is 5.15 Å². The Morgan fingerprint density at radius 3 is 2.78 bits per heavy atom. The van der Waals surface area contributed by atoms with Crippen LogP contribution >= 0.6 is 38.9 Å². The Hall–Kier alpha value is -2.85. The van der Waals surface area contributed by atoms with Gasteiger partial charge in [0.15, 0.2) is 5.13 Å². The molecule has 1 aromatic carbocycles. The molecule has 0 spiro atoms. The summed E-state index contributed by atoms with van der Waals surface area (Å²) in [7, 11) is 1.56. The Kier molecular flexibility index (Phi) is 7.34. The van der Waals surface area contributed by atoms with Crippen molar-refractivity contribution < 1.29 is 9.53 Å². The van der Waals surface area contributed by atoms with E-state index in [2.05, 4.69) is 60.4 Å². The molecule has 10 heteroatoms. The number of ether oxygens (including phenoxy) is 1. The molecule has 184 valence electrons. The van der Waals surface area contributed by atoms with E-state index in [1.165, 1.54) is 21.8 Å². The van der Waals surface area contributed by atoms with Crippen molar-refractivity contribution in [3.63, 3.8) is 0 Å². The number of fused-ring (bicyclic) bond motifs is 1. The van der Waals surface area contributed by atoms with Crippen LogP contribution in [0.15, 0.2) is 53.3 Å². The second-order valence-corrected chi connectivity index (χ2v) is 10.9. The number of pyridine rings is 2. The molecular formula is C26H23BrClN5O2S. The molecule has 0 aliphatic carbocycles. The SMILES string of the molecule is COc1cnc(Cl)cc1-c1cc(C)ncc1C(=O)Nc1nc2c(s1)CN(Cc1ccc(Br)cc1)CC2. The number of rotatable bonds is 6. The number of methoxy groups -OCH3 is 1. The van der Waals surface area contributed by atoms with Gasteiger partial charge in [-0.05, 0) is 36.8 Å². The topological polar surface area (TPSA) is 80.2 Å². The zero-order valence-electron chi connectivity index (χ0n) is 19.7. The molecule has 4 heterocycles. The Balaban J connectivity index is 1.35. The first-order valence-electron chi connectivity index (χ1n) is 11.3. The number of nitrogens with zero attached hydrogens (tertiary/aromatic N) is 4. The number of benzene rings is 1. The number of hydrogen-bond donors (Lipinski definition) is 1. The molecule has 1 N–H and O–H groups in total. The monoisotopic (exact) mass is 583 g/mol. The van der Waals surface area contributed by atoms with Gasteiger partial charge in [0.1, 0.15) is 10.9 Å². The molecule has 1 amide bonds. The first-order valence-corrected chi connectivity index (χ1v) is 13.3. The normalized spacial score (nSPS) is 13.3. The second kappa shape index (κ2) is 10.6. The highest BCUT2D eigenvalue weighted by molar-refractivity contribution is 9.10. The summed E-state index contributed by atoms with van der Waals surface area (Å²) in [6.45, 7) is 4.48. The lowest BCUT2D eigenvalue weighted by Crippen LogP contribution is -2.29. The zero-order chi connectivity index (χ0) is 25.2. The van der Waals surface area contributed by atoms with E-state index in [0.717, 1.165) is 41.9 Å². The summed E-state index contributed by atoms with van der Waals surface area (Å²) < 4.78 is 6.55. The maximum Gasteiger partial charge on any atom is 0.259 e. The molecule has 0 saturated carbocycles. The van der Waals surface area contributed by atoms with Gasteiger partial charge in [-0.15, -0.1) is 11.3 Å². The van der Waals surface area contributed by atoms with Crippen molar-refractivity contribution in [2.24, 2.45) is 0 Å². The molecule has 0 radical (unpaired) electrons. The predicted molar refractivity (Wildman–Crippen MR) is 146 cm³/mol. The summed E-state index contributed by atoms with van der Waals surface area (Å²) in [6.07, 6.45) is 3.97. The molecule has 0 fully saturated rings. The highest BCUT2D eigenvalue weighted by Crippen LogP contribution is 2.35. The average Bonchev–Trinajstić information content (AvgIpc) is 3.26. The molecular weight excluding hydrogens is 562 g/mol. The Morgan fingerprint density at radius 2 is 2.00 bits per heavy atom. The number of nitrogens with one attached hydrogen (secondary N) is 1. The largest absolute Gasteiger partial charge is 0.494 e. The molecule has 5 rings (SSSR count). The second-order valence-electron chi connectivity index (χ2n) is 8.51. The number of amides is 1. The quantitative estimate of drug-likeness (QED) is 0.274. The van der Waals surface area contributed by atoms with E-state index in [1.54, 1.807) is 25.6 Å². The number of aryl methyl sites for hydroxylation is 1. The van der Waals surface area contributed by atoms with Gasteiger partial charge in [-0.2, -0.15) is 0 Å². The van der Waals surface area contributed by atoms with Crippen LogP contribution in [0.4, 0.5) is 5.13 Å². The fraction of sp³-hybridized carbons (Fsp3) is 0.231. The highest BCUT2D eigenvalue weighted by atomic mass is 79.9. The number of carbonyl (C=O) groups is 1. The summed E-state index contributed by atoms with van der Waals surface area (Å²) in [5.41, 5.74) is 4.84. The minimum atomic E-state index is -0.287. The Bertz CT molecular complexity index is 1430. The van der Waals surface area contributed by atoms with Crippen molar-refractivity contribution in [1.82, 2.24) is 19.9 Å². The molecule has 4 aromatic rings. The highest BCUT2D eigenvalue weighted by Gasteiger charge is 2.23. The third-order valence-corrected chi connectivity index (χ3v) is 7.71. The smallest absolute Gasteiger partial charge is 0.259 e. The Morgan fingerprint density at radius 1 is 1.19 bits per heavy atom. The van der Waals surface area contributed by atoms with E-state index in [1.807, 2.05) is 13.0 Å². The summed E-state index contributed by atoms with van der Waals surface area (Å²) in [6, 6.07) is 11.9. The minimum absolute atomic E-state index is 0.287. The van der Waals surface area contributed by atoms with Crippen LogP contribution in [0.25, 0.3) is 11.1 Å². The zero-order valence-corrected chi connectivity index (χ0v) is 22.9. The van der Waals surface area contributed by atoms with Crippen LogP contribution in [0.5, 0.6) is 5.75 Å². The molecule has 36 heavy (non-hydrogen) atoms. The molecule has 0 bridgehead atoms. The minimum Gasteiger partial charge on any atom is -0.494 e. The maximum absolute atomic E-state index is 13.4. The maximum atomic E-state index is 13.4. The molecule has 1 aliphatic heterocycles. The van der Waals surface area contributed by atoms with Gasteiger partial charge in [0.2, 0.25) is 0 Å². The van der Waals surface area contributed by atoms with Crippen LogP contribution < -0.4 is 10.1 Å². The predicted octanol–water partition coefficient (Wildman–Crippen LogP) is 6.14. The third-order valence-electron chi connectivity index (χ3n) is 5.98. The average molecular weight is 585 g/mol. The van der Waals surface area contributed by atoms with Crippen molar-refractivity contribution in [2.45, 2.75) is 26.4 Å². The number of hydrogen-bond acceptors (Lipinski definition) is 7. The van der Waals surface area contributed by atoms with Crippen molar-refractivity contribution in [3.05, 3.63) is 85.8 Å². The molecule has 0 saturated heterocycles. The van der Waals surface area contributed by atoms with Gasteiger partial charge < -0.3 is 4.74 Å². The van der Waals surface area contributed by atoms with E-state index < -0.39 is 0 Å². The van der Waals surface area contributed by atoms with E-state index in [0.29, 0.717) is 32.7 Å². The molecule has 0 atom stereocenters. The number of anilines is 1. The summed E-state index contributed by atoms with van der Waals surface area (Å²) in [5, 5.41) is 3.88. The standard InChI is InChI=1S/C26H23BrClN5O2S/c1-15-9-18(19-10-24(28)30-12-22(19)35-2)20(11-29-15)25(34)32-26-31-21-7-8-33(14-23(21)36-26)13-16-3-5-17(27)6-4-16/h3-6,9-12H,7-8,13-14H2,1-2H3,(H,31,32,34). The summed E-state index contributed by atoms with van der Waals surface area (Å²) in [4.78, 5) is 30.1. The summed E-state index contributed by atoms with van der Waals surface area (Å²) in [5.74, 6) is 0.236. The van der Waals surface area contributed by atoms with Gasteiger partial charge in [-0.1, -0.05) is 39.7 Å². The first-order chi connectivity index (χ1) is 17.4. The fourth-order valence-corrected chi connectivity index (χ4v) is 5.67. The molecule has 0 unspecified atom stereocenters. The van der Waals surface area contributed by atoms with Gasteiger partial charge >= 0.3 is 0 Å². The first kappa shape index (κ1) is 24.8. The van der Waals surface area contributed by atoms with E-state index in [9.17, 15) is 4.79 Å². The van der Waals surface area contributed by atoms with Crippen LogP contribution in [-0.4, -0.2) is 39.4 Å². The van der Waals surface area contributed by atoms with E-state index in [4.69, 9.17) is 21.3 Å². The van der Waals surface area contributed by atoms with Crippen molar-refractivity contribution in [2.75, 3.05) is 19.0 Å². The lowest BCUT2D eigenvalue weighted by Gasteiger charge is -2.25. The van der Waals surface area contributed by atoms with Gasteiger partial charge in [-0.25, -0.2) is 9.97 Å². The lowest BCUT2D eigenvalue weighted by molar-refractivity contribution is 0.102. The van der Waals surface area contributed by atoms with Gasteiger partial charge in [0, 0.05) is 58.4 Å². The number of carbonyl (C=O) groups excluding carboxylic acids is 1. The van der Waals surface area contributed by atoms with Crippen molar-refractivity contribution >= 4 is 49.9 Å². The van der Waals surface area contributed by atoms with Gasteiger partial charge in [-0.3, -0.25) is 20.0 Å². The number of thiazole rings is 1.